The fourth-order valence-corrected chi connectivity index (χ4v) is 2.02. The normalized spacial score (nSPS) is 11.4. The summed E-state index contributed by atoms with van der Waals surface area (Å²) in [5, 5.41) is 8.52. The molecule has 0 saturated carbocycles. The lowest BCUT2D eigenvalue weighted by Gasteiger charge is -2.15. The third kappa shape index (κ3) is 3.63. The summed E-state index contributed by atoms with van der Waals surface area (Å²) in [5.41, 5.74) is -0.943. The molecular weight excluding hydrogens is 317 g/mol. The van der Waals surface area contributed by atoms with Crippen LogP contribution < -0.4 is 4.74 Å². The predicted molar refractivity (Wildman–Crippen MR) is 61.7 cm³/mol. The van der Waals surface area contributed by atoms with Crippen LogP contribution >= 0.6 is 15.9 Å². The molecule has 0 aliphatic rings. The Balaban J connectivity index is 3.21. The number of hydrogen-bond acceptors (Lipinski definition) is 2. The minimum Gasteiger partial charge on any atom is -0.496 e. The maximum Gasteiger partial charge on any atom is 0.416 e. The molecule has 0 heterocycles. The van der Waals surface area contributed by atoms with Crippen LogP contribution in [0.25, 0.3) is 0 Å². The van der Waals surface area contributed by atoms with Crippen LogP contribution in [-0.2, 0) is 17.4 Å². The molecule has 3 nitrogen and oxygen atoms in total. The van der Waals surface area contributed by atoms with Gasteiger partial charge in [0.1, 0.15) is 5.75 Å². The fourth-order valence-electron chi connectivity index (χ4n) is 1.46. The van der Waals surface area contributed by atoms with Crippen molar-refractivity contribution in [1.82, 2.24) is 0 Å². The molecule has 0 amide bonds. The molecule has 1 N–H and O–H groups in total. The maximum absolute atomic E-state index is 12.8. The van der Waals surface area contributed by atoms with Crippen LogP contribution in [0, 0.1) is 0 Å². The largest absolute Gasteiger partial charge is 0.496 e. The van der Waals surface area contributed by atoms with E-state index in [4.69, 9.17) is 9.84 Å². The van der Waals surface area contributed by atoms with Gasteiger partial charge in [-0.3, -0.25) is 4.79 Å². The van der Waals surface area contributed by atoms with E-state index in [2.05, 4.69) is 15.9 Å². The maximum atomic E-state index is 12.8. The van der Waals surface area contributed by atoms with Gasteiger partial charge in [-0.25, -0.2) is 0 Å². The van der Waals surface area contributed by atoms with Gasteiger partial charge in [-0.15, -0.1) is 0 Å². The number of benzene rings is 1. The lowest BCUT2D eigenvalue weighted by atomic mass is 10.0. The van der Waals surface area contributed by atoms with E-state index in [0.717, 1.165) is 6.07 Å². The van der Waals surface area contributed by atoms with Gasteiger partial charge in [0, 0.05) is 6.42 Å². The van der Waals surface area contributed by atoms with Crippen molar-refractivity contribution in [2.24, 2.45) is 0 Å². The molecule has 1 aromatic carbocycles. The number of carboxylic acid groups (broad SMARTS) is 1. The van der Waals surface area contributed by atoms with Crippen molar-refractivity contribution in [3.8, 4) is 5.75 Å². The van der Waals surface area contributed by atoms with E-state index in [1.54, 1.807) is 0 Å². The fraction of sp³-hybridized carbons (Fsp3) is 0.364. The highest BCUT2D eigenvalue weighted by molar-refractivity contribution is 9.10. The van der Waals surface area contributed by atoms with Crippen molar-refractivity contribution in [3.63, 3.8) is 0 Å². The molecule has 1 aromatic rings. The second-order valence-electron chi connectivity index (χ2n) is 3.54. The second kappa shape index (κ2) is 5.60. The van der Waals surface area contributed by atoms with Gasteiger partial charge in [0.2, 0.25) is 0 Å². The Morgan fingerprint density at radius 1 is 1.44 bits per heavy atom. The molecule has 0 saturated heterocycles. The van der Waals surface area contributed by atoms with Crippen LogP contribution in [0.5, 0.6) is 5.75 Å². The summed E-state index contributed by atoms with van der Waals surface area (Å²) in [6.07, 6.45) is -5.09. The smallest absolute Gasteiger partial charge is 0.416 e. The first-order valence-electron chi connectivity index (χ1n) is 4.91. The molecule has 0 unspecified atom stereocenters. The standard InChI is InChI=1S/C11H10BrF3O3/c1-18-9-5-7(11(13,14)15)6(4-8(9)12)2-3-10(16)17/h4-5H,2-3H2,1H3,(H,16,17). The topological polar surface area (TPSA) is 46.5 Å². The van der Waals surface area contributed by atoms with E-state index < -0.39 is 17.7 Å². The SMILES string of the molecule is COc1cc(C(F)(F)F)c(CCC(=O)O)cc1Br. The summed E-state index contributed by atoms with van der Waals surface area (Å²) in [7, 11) is 1.26. The molecule has 0 bridgehead atoms. The van der Waals surface area contributed by atoms with Crippen molar-refractivity contribution in [2.75, 3.05) is 7.11 Å². The highest BCUT2D eigenvalue weighted by atomic mass is 79.9. The Morgan fingerprint density at radius 3 is 2.50 bits per heavy atom. The first-order chi connectivity index (χ1) is 8.25. The molecular formula is C11H10BrF3O3. The first-order valence-corrected chi connectivity index (χ1v) is 5.70. The summed E-state index contributed by atoms with van der Waals surface area (Å²) in [5.74, 6) is -1.09. The number of ether oxygens (including phenoxy) is 1. The van der Waals surface area contributed by atoms with Gasteiger partial charge in [-0.2, -0.15) is 13.2 Å². The molecule has 100 valence electrons. The lowest BCUT2D eigenvalue weighted by Crippen LogP contribution is -2.11. The molecule has 0 aliphatic carbocycles. The molecule has 7 heteroatoms. The van der Waals surface area contributed by atoms with Gasteiger partial charge in [0.05, 0.1) is 17.1 Å². The van der Waals surface area contributed by atoms with Gasteiger partial charge in [0.25, 0.3) is 0 Å². The van der Waals surface area contributed by atoms with Gasteiger partial charge >= 0.3 is 12.1 Å². The molecule has 1 rings (SSSR count). The molecule has 18 heavy (non-hydrogen) atoms. The van der Waals surface area contributed by atoms with E-state index in [1.165, 1.54) is 13.2 Å². The van der Waals surface area contributed by atoms with E-state index in [0.29, 0.717) is 4.47 Å². The monoisotopic (exact) mass is 326 g/mol. The Bertz CT molecular complexity index is 458. The molecule has 0 spiro atoms. The van der Waals surface area contributed by atoms with Gasteiger partial charge in [0.15, 0.2) is 0 Å². The zero-order valence-electron chi connectivity index (χ0n) is 9.34. The summed E-state index contributed by atoms with van der Waals surface area (Å²) >= 11 is 3.08. The minimum absolute atomic E-state index is 0.0569. The Morgan fingerprint density at radius 2 is 2.06 bits per heavy atom. The first kappa shape index (κ1) is 14.8. The van der Waals surface area contributed by atoms with E-state index in [1.807, 2.05) is 0 Å². The lowest BCUT2D eigenvalue weighted by molar-refractivity contribution is -0.140. The number of aliphatic carboxylic acids is 1. The van der Waals surface area contributed by atoms with Crippen LogP contribution in [0.15, 0.2) is 16.6 Å². The van der Waals surface area contributed by atoms with Gasteiger partial charge in [-0.1, -0.05) is 0 Å². The third-order valence-electron chi connectivity index (χ3n) is 2.29. The van der Waals surface area contributed by atoms with Gasteiger partial charge in [-0.05, 0) is 40.0 Å². The van der Waals surface area contributed by atoms with Crippen molar-refractivity contribution >= 4 is 21.9 Å². The summed E-state index contributed by atoms with van der Waals surface area (Å²) < 4.78 is 43.6. The number of hydrogen-bond donors (Lipinski definition) is 1. The van der Waals surface area contributed by atoms with Crippen LogP contribution in [-0.4, -0.2) is 18.2 Å². The number of rotatable bonds is 4. The highest BCUT2D eigenvalue weighted by Crippen LogP contribution is 2.38. The zero-order valence-corrected chi connectivity index (χ0v) is 10.9. The average molecular weight is 327 g/mol. The molecule has 0 aromatic heterocycles. The third-order valence-corrected chi connectivity index (χ3v) is 2.91. The van der Waals surface area contributed by atoms with E-state index in [9.17, 15) is 18.0 Å². The number of halogens is 4. The van der Waals surface area contributed by atoms with E-state index in [-0.39, 0.29) is 24.2 Å². The molecule has 0 fully saturated rings. The Kier molecular flexibility index (Phi) is 4.61. The minimum atomic E-state index is -4.54. The molecule has 0 atom stereocenters. The molecule has 0 radical (unpaired) electrons. The highest BCUT2D eigenvalue weighted by Gasteiger charge is 2.34. The number of aryl methyl sites for hydroxylation is 1. The van der Waals surface area contributed by atoms with E-state index >= 15 is 0 Å². The van der Waals surface area contributed by atoms with Crippen LogP contribution in [0.2, 0.25) is 0 Å². The number of methoxy groups -OCH3 is 1. The number of alkyl halides is 3. The van der Waals surface area contributed by atoms with Crippen LogP contribution in [0.1, 0.15) is 17.5 Å². The van der Waals surface area contributed by atoms with Crippen LogP contribution in [0.4, 0.5) is 13.2 Å². The summed E-state index contributed by atoms with van der Waals surface area (Å²) in [6, 6.07) is 2.10. The summed E-state index contributed by atoms with van der Waals surface area (Å²) in [4.78, 5) is 10.4. The van der Waals surface area contributed by atoms with Crippen molar-refractivity contribution in [3.05, 3.63) is 27.7 Å². The Labute approximate surface area is 110 Å². The molecule has 0 aliphatic heterocycles. The predicted octanol–water partition coefficient (Wildman–Crippen LogP) is 3.49. The van der Waals surface area contributed by atoms with Gasteiger partial charge < -0.3 is 9.84 Å². The van der Waals surface area contributed by atoms with Crippen molar-refractivity contribution in [2.45, 2.75) is 19.0 Å². The van der Waals surface area contributed by atoms with Crippen molar-refractivity contribution < 1.29 is 27.8 Å². The Hall–Kier alpha value is -1.24. The van der Waals surface area contributed by atoms with Crippen LogP contribution in [0.3, 0.4) is 0 Å². The summed E-state index contributed by atoms with van der Waals surface area (Å²) in [6.45, 7) is 0. The average Bonchev–Trinajstić information content (AvgIpc) is 2.24. The second-order valence-corrected chi connectivity index (χ2v) is 4.39. The zero-order chi connectivity index (χ0) is 13.9. The number of carbonyl (C=O) groups is 1. The quantitative estimate of drug-likeness (QED) is 0.921. The number of carboxylic acids is 1. The van der Waals surface area contributed by atoms with Crippen molar-refractivity contribution in [1.29, 1.82) is 0 Å².